The molecular formula is C14H17FN2O2. The molecule has 0 saturated heterocycles. The van der Waals surface area contributed by atoms with E-state index in [1.54, 1.807) is 16.9 Å². The second-order valence-electron chi connectivity index (χ2n) is 4.35. The molecule has 5 heteroatoms. The monoisotopic (exact) mass is 264 g/mol. The van der Waals surface area contributed by atoms with Crippen molar-refractivity contribution in [1.29, 1.82) is 0 Å². The topological polar surface area (TPSA) is 47.3 Å². The average Bonchev–Trinajstić information content (AvgIpc) is 2.84. The van der Waals surface area contributed by atoms with Crippen LogP contribution in [0.2, 0.25) is 0 Å². The Morgan fingerprint density at radius 2 is 2.26 bits per heavy atom. The highest BCUT2D eigenvalue weighted by Crippen LogP contribution is 2.22. The van der Waals surface area contributed by atoms with Crippen molar-refractivity contribution in [3.8, 4) is 5.75 Å². The third kappa shape index (κ3) is 3.32. The molecule has 2 rings (SSSR count). The minimum atomic E-state index is -0.822. The van der Waals surface area contributed by atoms with Crippen LogP contribution in [0.3, 0.4) is 0 Å². The Bertz CT molecular complexity index is 552. The standard InChI is InChI=1S/C14H17FN2O2/c1-3-17-8-11(7-16-17)9-19-12-4-5-13(10(2)18)14(15)6-12/h4-8,10,18H,3,9H2,1-2H3/t10-/m0/s1. The van der Waals surface area contributed by atoms with Crippen LogP contribution in [0.1, 0.15) is 31.1 Å². The predicted octanol–water partition coefficient (Wildman–Crippen LogP) is 2.67. The molecule has 0 bridgehead atoms. The number of aliphatic hydroxyl groups is 1. The van der Waals surface area contributed by atoms with Gasteiger partial charge in [-0.2, -0.15) is 5.10 Å². The van der Waals surface area contributed by atoms with Gasteiger partial charge in [0.25, 0.3) is 0 Å². The normalized spacial score (nSPS) is 12.4. The number of hydrogen-bond donors (Lipinski definition) is 1. The molecular weight excluding hydrogens is 247 g/mol. The van der Waals surface area contributed by atoms with Gasteiger partial charge in [-0.15, -0.1) is 0 Å². The lowest BCUT2D eigenvalue weighted by molar-refractivity contribution is 0.194. The van der Waals surface area contributed by atoms with Gasteiger partial charge in [0.15, 0.2) is 0 Å². The van der Waals surface area contributed by atoms with Crippen molar-refractivity contribution >= 4 is 0 Å². The molecule has 1 N–H and O–H groups in total. The Morgan fingerprint density at radius 3 is 2.84 bits per heavy atom. The van der Waals surface area contributed by atoms with Crippen molar-refractivity contribution < 1.29 is 14.2 Å². The van der Waals surface area contributed by atoms with E-state index in [1.807, 2.05) is 13.1 Å². The lowest BCUT2D eigenvalue weighted by Crippen LogP contribution is -1.99. The highest BCUT2D eigenvalue weighted by atomic mass is 19.1. The summed E-state index contributed by atoms with van der Waals surface area (Å²) >= 11 is 0. The number of halogens is 1. The Balaban J connectivity index is 2.01. The first-order valence-electron chi connectivity index (χ1n) is 6.21. The zero-order valence-electron chi connectivity index (χ0n) is 11.0. The quantitative estimate of drug-likeness (QED) is 0.903. The zero-order valence-corrected chi connectivity index (χ0v) is 11.0. The van der Waals surface area contributed by atoms with Gasteiger partial charge in [0.05, 0.1) is 12.3 Å². The molecule has 2 aromatic rings. The van der Waals surface area contributed by atoms with Crippen LogP contribution in [-0.2, 0) is 13.2 Å². The van der Waals surface area contributed by atoms with Crippen LogP contribution in [0.15, 0.2) is 30.6 Å². The van der Waals surface area contributed by atoms with Gasteiger partial charge in [-0.25, -0.2) is 4.39 Å². The second-order valence-corrected chi connectivity index (χ2v) is 4.35. The van der Waals surface area contributed by atoms with Gasteiger partial charge in [0, 0.05) is 29.9 Å². The van der Waals surface area contributed by atoms with Gasteiger partial charge in [-0.05, 0) is 26.0 Å². The molecule has 0 saturated carbocycles. The van der Waals surface area contributed by atoms with E-state index in [-0.39, 0.29) is 5.56 Å². The summed E-state index contributed by atoms with van der Waals surface area (Å²) in [4.78, 5) is 0. The fourth-order valence-electron chi connectivity index (χ4n) is 1.76. The van der Waals surface area contributed by atoms with Crippen LogP contribution in [0.25, 0.3) is 0 Å². The number of nitrogens with zero attached hydrogens (tertiary/aromatic N) is 2. The molecule has 1 aromatic heterocycles. The lowest BCUT2D eigenvalue weighted by Gasteiger charge is -2.09. The van der Waals surface area contributed by atoms with Crippen molar-refractivity contribution in [3.05, 3.63) is 47.5 Å². The minimum absolute atomic E-state index is 0.270. The first kappa shape index (κ1) is 13.5. The summed E-state index contributed by atoms with van der Waals surface area (Å²) in [5.41, 5.74) is 1.20. The molecule has 1 aromatic carbocycles. The summed E-state index contributed by atoms with van der Waals surface area (Å²) in [7, 11) is 0. The van der Waals surface area contributed by atoms with E-state index in [2.05, 4.69) is 5.10 Å². The van der Waals surface area contributed by atoms with Crippen LogP contribution in [0, 0.1) is 5.82 Å². The maximum atomic E-state index is 13.6. The van der Waals surface area contributed by atoms with E-state index in [0.29, 0.717) is 12.4 Å². The van der Waals surface area contributed by atoms with Gasteiger partial charge in [-0.3, -0.25) is 4.68 Å². The first-order valence-corrected chi connectivity index (χ1v) is 6.21. The fraction of sp³-hybridized carbons (Fsp3) is 0.357. The van der Waals surface area contributed by atoms with Gasteiger partial charge in [0.2, 0.25) is 0 Å². The number of hydrogen-bond acceptors (Lipinski definition) is 3. The van der Waals surface area contributed by atoms with Crippen LogP contribution in [0.4, 0.5) is 4.39 Å². The molecule has 102 valence electrons. The van der Waals surface area contributed by atoms with Gasteiger partial charge in [0.1, 0.15) is 18.2 Å². The van der Waals surface area contributed by atoms with Crippen molar-refractivity contribution in [2.45, 2.75) is 33.1 Å². The molecule has 0 aliphatic heterocycles. The third-order valence-electron chi connectivity index (χ3n) is 2.84. The van der Waals surface area contributed by atoms with Gasteiger partial charge < -0.3 is 9.84 Å². The minimum Gasteiger partial charge on any atom is -0.489 e. The molecule has 1 atom stereocenters. The van der Waals surface area contributed by atoms with Crippen molar-refractivity contribution in [2.75, 3.05) is 0 Å². The average molecular weight is 264 g/mol. The van der Waals surface area contributed by atoms with E-state index < -0.39 is 11.9 Å². The number of benzene rings is 1. The van der Waals surface area contributed by atoms with Crippen LogP contribution in [-0.4, -0.2) is 14.9 Å². The van der Waals surface area contributed by atoms with E-state index in [1.165, 1.54) is 19.1 Å². The molecule has 0 spiro atoms. The maximum absolute atomic E-state index is 13.6. The van der Waals surface area contributed by atoms with Crippen LogP contribution >= 0.6 is 0 Å². The first-order chi connectivity index (χ1) is 9.10. The lowest BCUT2D eigenvalue weighted by atomic mass is 10.1. The van der Waals surface area contributed by atoms with Gasteiger partial charge >= 0.3 is 0 Å². The summed E-state index contributed by atoms with van der Waals surface area (Å²) in [5.74, 6) is -0.0251. The molecule has 0 radical (unpaired) electrons. The summed E-state index contributed by atoms with van der Waals surface area (Å²) in [5, 5.41) is 13.5. The number of rotatable bonds is 5. The molecule has 0 aliphatic rings. The smallest absolute Gasteiger partial charge is 0.132 e. The van der Waals surface area contributed by atoms with Crippen LogP contribution in [0.5, 0.6) is 5.75 Å². The molecule has 0 fully saturated rings. The molecule has 4 nitrogen and oxygen atoms in total. The number of aryl methyl sites for hydroxylation is 1. The van der Waals surface area contributed by atoms with Gasteiger partial charge in [-0.1, -0.05) is 0 Å². The molecule has 0 aliphatic carbocycles. The molecule has 0 unspecified atom stereocenters. The van der Waals surface area contributed by atoms with Crippen molar-refractivity contribution in [3.63, 3.8) is 0 Å². The number of aromatic nitrogens is 2. The van der Waals surface area contributed by atoms with E-state index in [0.717, 1.165) is 12.1 Å². The Kier molecular flexibility index (Phi) is 4.16. The maximum Gasteiger partial charge on any atom is 0.132 e. The molecule has 1 heterocycles. The largest absolute Gasteiger partial charge is 0.489 e. The van der Waals surface area contributed by atoms with Crippen molar-refractivity contribution in [2.24, 2.45) is 0 Å². The number of ether oxygens (including phenoxy) is 1. The highest BCUT2D eigenvalue weighted by molar-refractivity contribution is 5.30. The summed E-state index contributed by atoms with van der Waals surface area (Å²) < 4.78 is 20.9. The third-order valence-corrected chi connectivity index (χ3v) is 2.84. The molecule has 19 heavy (non-hydrogen) atoms. The SMILES string of the molecule is CCn1cc(COc2ccc([C@H](C)O)c(F)c2)cn1. The summed E-state index contributed by atoms with van der Waals surface area (Å²) in [6.07, 6.45) is 2.79. The summed E-state index contributed by atoms with van der Waals surface area (Å²) in [6, 6.07) is 4.46. The van der Waals surface area contributed by atoms with Crippen molar-refractivity contribution in [1.82, 2.24) is 9.78 Å². The second kappa shape index (κ2) is 5.84. The van der Waals surface area contributed by atoms with E-state index in [4.69, 9.17) is 4.74 Å². The fourth-order valence-corrected chi connectivity index (χ4v) is 1.76. The van der Waals surface area contributed by atoms with E-state index in [9.17, 15) is 9.50 Å². The Hall–Kier alpha value is -1.88. The Morgan fingerprint density at radius 1 is 1.47 bits per heavy atom. The predicted molar refractivity (Wildman–Crippen MR) is 69.3 cm³/mol. The highest BCUT2D eigenvalue weighted by Gasteiger charge is 2.09. The van der Waals surface area contributed by atoms with E-state index >= 15 is 0 Å². The number of aliphatic hydroxyl groups excluding tert-OH is 1. The Labute approximate surface area is 111 Å². The van der Waals surface area contributed by atoms with Crippen LogP contribution < -0.4 is 4.74 Å². The summed E-state index contributed by atoms with van der Waals surface area (Å²) in [6.45, 7) is 4.67. The zero-order chi connectivity index (χ0) is 13.8. The molecule has 0 amide bonds.